The predicted octanol–water partition coefficient (Wildman–Crippen LogP) is 2.82. The molecule has 0 amide bonds. The van der Waals surface area contributed by atoms with E-state index in [2.05, 4.69) is 28.8 Å². The molecule has 0 bridgehead atoms. The standard InChI is InChI=1S/C15H17NO2/c1-4-11-5-6-14-13(8-11)10(2)7-12(16-14)9-15(17)18-3/h5-8H,4,9H2,1-3H3. The fourth-order valence-corrected chi connectivity index (χ4v) is 2.04. The van der Waals surface area contributed by atoms with Gasteiger partial charge in [-0.3, -0.25) is 9.78 Å². The quantitative estimate of drug-likeness (QED) is 0.778. The lowest BCUT2D eigenvalue weighted by molar-refractivity contribution is -0.139. The zero-order valence-corrected chi connectivity index (χ0v) is 11.0. The SMILES string of the molecule is CCc1ccc2nc(CC(=O)OC)cc(C)c2c1. The highest BCUT2D eigenvalue weighted by Crippen LogP contribution is 2.20. The van der Waals surface area contributed by atoms with Gasteiger partial charge < -0.3 is 4.74 Å². The van der Waals surface area contributed by atoms with Crippen LogP contribution in [-0.4, -0.2) is 18.1 Å². The molecule has 0 fully saturated rings. The molecule has 1 aromatic heterocycles. The van der Waals surface area contributed by atoms with Gasteiger partial charge in [0.15, 0.2) is 0 Å². The van der Waals surface area contributed by atoms with Gasteiger partial charge in [-0.05, 0) is 42.7 Å². The highest BCUT2D eigenvalue weighted by atomic mass is 16.5. The summed E-state index contributed by atoms with van der Waals surface area (Å²) in [6, 6.07) is 8.22. The zero-order chi connectivity index (χ0) is 13.1. The fraction of sp³-hybridized carbons (Fsp3) is 0.333. The molecule has 0 saturated heterocycles. The van der Waals surface area contributed by atoms with Crippen LogP contribution in [0.25, 0.3) is 10.9 Å². The van der Waals surface area contributed by atoms with Gasteiger partial charge in [-0.2, -0.15) is 0 Å². The van der Waals surface area contributed by atoms with Gasteiger partial charge in [0.05, 0.1) is 24.7 Å². The van der Waals surface area contributed by atoms with Crippen molar-refractivity contribution in [1.82, 2.24) is 4.98 Å². The summed E-state index contributed by atoms with van der Waals surface area (Å²) in [5, 5.41) is 1.16. The lowest BCUT2D eigenvalue weighted by Gasteiger charge is -2.07. The number of hydrogen-bond donors (Lipinski definition) is 0. The third kappa shape index (κ3) is 2.50. The average molecular weight is 243 g/mol. The Bertz CT molecular complexity index is 590. The first-order chi connectivity index (χ1) is 8.63. The minimum absolute atomic E-state index is 0.225. The van der Waals surface area contributed by atoms with Crippen molar-refractivity contribution < 1.29 is 9.53 Å². The first-order valence-electron chi connectivity index (χ1n) is 6.10. The molecule has 0 N–H and O–H groups in total. The first kappa shape index (κ1) is 12.6. The van der Waals surface area contributed by atoms with Crippen molar-refractivity contribution >= 4 is 16.9 Å². The lowest BCUT2D eigenvalue weighted by atomic mass is 10.0. The normalized spacial score (nSPS) is 10.6. The van der Waals surface area contributed by atoms with Crippen molar-refractivity contribution in [3.05, 3.63) is 41.1 Å². The number of ether oxygens (including phenoxy) is 1. The third-order valence-corrected chi connectivity index (χ3v) is 3.09. The number of aromatic nitrogens is 1. The second-order valence-electron chi connectivity index (χ2n) is 4.39. The minimum Gasteiger partial charge on any atom is -0.469 e. The summed E-state index contributed by atoms with van der Waals surface area (Å²) in [5.74, 6) is -0.258. The number of methoxy groups -OCH3 is 1. The number of rotatable bonds is 3. The Kier molecular flexibility index (Phi) is 3.60. The number of benzene rings is 1. The van der Waals surface area contributed by atoms with Gasteiger partial charge in [0.25, 0.3) is 0 Å². The number of aryl methyl sites for hydroxylation is 2. The van der Waals surface area contributed by atoms with Crippen LogP contribution < -0.4 is 0 Å². The Morgan fingerprint density at radius 2 is 2.11 bits per heavy atom. The smallest absolute Gasteiger partial charge is 0.311 e. The number of nitrogens with zero attached hydrogens (tertiary/aromatic N) is 1. The Morgan fingerprint density at radius 3 is 2.78 bits per heavy atom. The molecule has 0 spiro atoms. The van der Waals surface area contributed by atoms with Gasteiger partial charge in [0, 0.05) is 5.39 Å². The maximum absolute atomic E-state index is 11.3. The largest absolute Gasteiger partial charge is 0.469 e. The Hall–Kier alpha value is -1.90. The van der Waals surface area contributed by atoms with Crippen LogP contribution in [0.1, 0.15) is 23.7 Å². The molecule has 0 atom stereocenters. The number of carbonyl (C=O) groups is 1. The van der Waals surface area contributed by atoms with E-state index in [0.29, 0.717) is 0 Å². The second-order valence-corrected chi connectivity index (χ2v) is 4.39. The van der Waals surface area contributed by atoms with Gasteiger partial charge in [-0.25, -0.2) is 0 Å². The molecule has 2 rings (SSSR count). The average Bonchev–Trinajstić information content (AvgIpc) is 2.38. The maximum atomic E-state index is 11.3. The van der Waals surface area contributed by atoms with E-state index >= 15 is 0 Å². The molecule has 0 aliphatic heterocycles. The molecule has 0 aliphatic carbocycles. The van der Waals surface area contributed by atoms with E-state index < -0.39 is 0 Å². The maximum Gasteiger partial charge on any atom is 0.311 e. The van der Waals surface area contributed by atoms with Crippen molar-refractivity contribution in [2.45, 2.75) is 26.7 Å². The van der Waals surface area contributed by atoms with Gasteiger partial charge in [-0.1, -0.05) is 13.0 Å². The molecule has 2 aromatic rings. The molecule has 1 aromatic carbocycles. The number of fused-ring (bicyclic) bond motifs is 1. The van der Waals surface area contributed by atoms with Crippen molar-refractivity contribution in [1.29, 1.82) is 0 Å². The van der Waals surface area contributed by atoms with E-state index in [-0.39, 0.29) is 12.4 Å². The van der Waals surface area contributed by atoms with Crippen molar-refractivity contribution in [3.8, 4) is 0 Å². The van der Waals surface area contributed by atoms with Gasteiger partial charge in [0.1, 0.15) is 0 Å². The second kappa shape index (κ2) is 5.17. The lowest BCUT2D eigenvalue weighted by Crippen LogP contribution is -2.06. The molecular formula is C15H17NO2. The van der Waals surface area contributed by atoms with Crippen LogP contribution in [0.3, 0.4) is 0 Å². The molecule has 0 saturated carbocycles. The molecule has 0 aliphatic rings. The Morgan fingerprint density at radius 1 is 1.33 bits per heavy atom. The minimum atomic E-state index is -0.258. The van der Waals surface area contributed by atoms with E-state index in [4.69, 9.17) is 0 Å². The molecular weight excluding hydrogens is 226 g/mol. The highest BCUT2D eigenvalue weighted by molar-refractivity contribution is 5.83. The molecule has 94 valence electrons. The summed E-state index contributed by atoms with van der Waals surface area (Å²) < 4.78 is 4.66. The topological polar surface area (TPSA) is 39.2 Å². The summed E-state index contributed by atoms with van der Waals surface area (Å²) in [6.07, 6.45) is 1.24. The van der Waals surface area contributed by atoms with E-state index in [9.17, 15) is 4.79 Å². The number of pyridine rings is 1. The summed E-state index contributed by atoms with van der Waals surface area (Å²) in [5.41, 5.74) is 4.14. The van der Waals surface area contributed by atoms with Crippen LogP contribution in [0, 0.1) is 6.92 Å². The Labute approximate surface area is 107 Å². The highest BCUT2D eigenvalue weighted by Gasteiger charge is 2.08. The molecule has 1 heterocycles. The summed E-state index contributed by atoms with van der Waals surface area (Å²) in [6.45, 7) is 4.18. The van der Waals surface area contributed by atoms with Crippen molar-refractivity contribution in [3.63, 3.8) is 0 Å². The molecule has 0 unspecified atom stereocenters. The number of carbonyl (C=O) groups excluding carboxylic acids is 1. The van der Waals surface area contributed by atoms with Crippen LogP contribution >= 0.6 is 0 Å². The van der Waals surface area contributed by atoms with E-state index in [0.717, 1.165) is 28.6 Å². The van der Waals surface area contributed by atoms with Crippen LogP contribution in [-0.2, 0) is 22.4 Å². The molecule has 3 nitrogen and oxygen atoms in total. The predicted molar refractivity (Wildman–Crippen MR) is 71.6 cm³/mol. The third-order valence-electron chi connectivity index (χ3n) is 3.09. The van der Waals surface area contributed by atoms with Crippen molar-refractivity contribution in [2.24, 2.45) is 0 Å². The summed E-state index contributed by atoms with van der Waals surface area (Å²) >= 11 is 0. The van der Waals surface area contributed by atoms with E-state index in [1.165, 1.54) is 12.7 Å². The summed E-state index contributed by atoms with van der Waals surface area (Å²) in [7, 11) is 1.39. The molecule has 0 radical (unpaired) electrons. The van der Waals surface area contributed by atoms with Gasteiger partial charge in [-0.15, -0.1) is 0 Å². The van der Waals surface area contributed by atoms with Crippen molar-refractivity contribution in [2.75, 3.05) is 7.11 Å². The van der Waals surface area contributed by atoms with E-state index in [1.54, 1.807) is 0 Å². The fourth-order valence-electron chi connectivity index (χ4n) is 2.04. The number of hydrogen-bond acceptors (Lipinski definition) is 3. The van der Waals surface area contributed by atoms with Gasteiger partial charge >= 0.3 is 5.97 Å². The zero-order valence-electron chi connectivity index (χ0n) is 11.0. The number of esters is 1. The van der Waals surface area contributed by atoms with Crippen LogP contribution in [0.4, 0.5) is 0 Å². The van der Waals surface area contributed by atoms with Gasteiger partial charge in [0.2, 0.25) is 0 Å². The van der Waals surface area contributed by atoms with E-state index in [1.807, 2.05) is 19.1 Å². The van der Waals surface area contributed by atoms with Crippen LogP contribution in [0.15, 0.2) is 24.3 Å². The summed E-state index contributed by atoms with van der Waals surface area (Å²) in [4.78, 5) is 15.8. The first-order valence-corrected chi connectivity index (χ1v) is 6.10. The van der Waals surface area contributed by atoms with Crippen LogP contribution in [0.2, 0.25) is 0 Å². The molecule has 3 heteroatoms. The monoisotopic (exact) mass is 243 g/mol. The van der Waals surface area contributed by atoms with Crippen LogP contribution in [0.5, 0.6) is 0 Å². The Balaban J connectivity index is 2.46. The molecule has 18 heavy (non-hydrogen) atoms.